The maximum atomic E-state index is 9.41. The number of aromatic nitrogens is 3. The Bertz CT molecular complexity index is 485. The van der Waals surface area contributed by atoms with E-state index in [4.69, 9.17) is 17.0 Å². The van der Waals surface area contributed by atoms with Crippen LogP contribution in [0.4, 0.5) is 0 Å². The largest absolute Gasteiger partial charge is 0.388 e. The molecule has 1 unspecified atom stereocenters. The molecule has 1 aromatic rings. The van der Waals surface area contributed by atoms with Crippen LogP contribution in [0, 0.1) is 4.77 Å². The summed E-state index contributed by atoms with van der Waals surface area (Å²) in [4.78, 5) is 2.35. The number of nitrogens with zero attached hydrogens (tertiary/aromatic N) is 4. The molecule has 1 aliphatic heterocycles. The molecule has 0 saturated carbocycles. The molecule has 0 amide bonds. The number of rotatable bonds is 6. The standard InChI is InChI=1S/C13H24N4O2S/c1-3-5-16-12(8-18)14-17(13(16)20)10-15-6-7-19-9-11(15)4-2/h11,18H,3-10H2,1-2H3. The molecule has 1 aliphatic rings. The fraction of sp³-hybridized carbons (Fsp3) is 0.846. The van der Waals surface area contributed by atoms with Crippen LogP contribution in [-0.4, -0.2) is 50.2 Å². The molecular formula is C13H24N4O2S. The van der Waals surface area contributed by atoms with Gasteiger partial charge in [-0.05, 0) is 25.1 Å². The van der Waals surface area contributed by atoms with Gasteiger partial charge in [-0.2, -0.15) is 5.10 Å². The zero-order valence-electron chi connectivity index (χ0n) is 12.3. The van der Waals surface area contributed by atoms with Crippen molar-refractivity contribution < 1.29 is 9.84 Å². The molecule has 0 radical (unpaired) electrons. The van der Waals surface area contributed by atoms with E-state index in [1.54, 1.807) is 0 Å². The van der Waals surface area contributed by atoms with E-state index in [-0.39, 0.29) is 6.61 Å². The van der Waals surface area contributed by atoms with E-state index in [0.29, 0.717) is 23.3 Å². The van der Waals surface area contributed by atoms with Crippen molar-refractivity contribution in [1.29, 1.82) is 0 Å². The molecule has 2 rings (SSSR count). The highest BCUT2D eigenvalue weighted by Gasteiger charge is 2.22. The molecule has 1 aromatic heterocycles. The molecule has 2 heterocycles. The van der Waals surface area contributed by atoms with Crippen molar-refractivity contribution in [2.45, 2.75) is 52.6 Å². The van der Waals surface area contributed by atoms with E-state index in [2.05, 4.69) is 23.8 Å². The van der Waals surface area contributed by atoms with Gasteiger partial charge in [-0.15, -0.1) is 0 Å². The van der Waals surface area contributed by atoms with Crippen molar-refractivity contribution in [1.82, 2.24) is 19.2 Å². The summed E-state index contributed by atoms with van der Waals surface area (Å²) in [7, 11) is 0. The van der Waals surface area contributed by atoms with Crippen LogP contribution in [0.1, 0.15) is 32.5 Å². The fourth-order valence-corrected chi connectivity index (χ4v) is 2.86. The van der Waals surface area contributed by atoms with Gasteiger partial charge >= 0.3 is 0 Å². The summed E-state index contributed by atoms with van der Waals surface area (Å²) >= 11 is 5.48. The minimum Gasteiger partial charge on any atom is -0.388 e. The third kappa shape index (κ3) is 3.28. The lowest BCUT2D eigenvalue weighted by Crippen LogP contribution is -2.45. The van der Waals surface area contributed by atoms with E-state index >= 15 is 0 Å². The summed E-state index contributed by atoms with van der Waals surface area (Å²) in [5.41, 5.74) is 0. The smallest absolute Gasteiger partial charge is 0.199 e. The second kappa shape index (κ2) is 7.31. The topological polar surface area (TPSA) is 55.5 Å². The first-order valence-electron chi connectivity index (χ1n) is 7.30. The Kier molecular flexibility index (Phi) is 5.71. The van der Waals surface area contributed by atoms with E-state index in [1.807, 2.05) is 9.25 Å². The number of hydrogen-bond donors (Lipinski definition) is 1. The first-order valence-corrected chi connectivity index (χ1v) is 7.71. The van der Waals surface area contributed by atoms with Gasteiger partial charge in [0.25, 0.3) is 0 Å². The first kappa shape index (κ1) is 15.6. The van der Waals surface area contributed by atoms with Crippen LogP contribution in [-0.2, 0) is 24.6 Å². The molecule has 0 spiro atoms. The van der Waals surface area contributed by atoms with Gasteiger partial charge < -0.3 is 14.4 Å². The van der Waals surface area contributed by atoms with Gasteiger partial charge in [0.05, 0.1) is 19.9 Å². The molecule has 6 nitrogen and oxygen atoms in total. The summed E-state index contributed by atoms with van der Waals surface area (Å²) < 4.78 is 9.96. The number of morpholine rings is 1. The molecular weight excluding hydrogens is 276 g/mol. The van der Waals surface area contributed by atoms with Gasteiger partial charge in [-0.1, -0.05) is 13.8 Å². The van der Waals surface area contributed by atoms with Crippen LogP contribution in [0.3, 0.4) is 0 Å². The normalized spacial score (nSPS) is 20.4. The number of aliphatic hydroxyl groups excluding tert-OH is 1. The second-order valence-corrected chi connectivity index (χ2v) is 5.46. The zero-order chi connectivity index (χ0) is 14.5. The SMILES string of the molecule is CCCn1c(CO)nn(CN2CCOCC2CC)c1=S. The molecule has 0 aliphatic carbocycles. The van der Waals surface area contributed by atoms with Crippen LogP contribution in [0.5, 0.6) is 0 Å². The van der Waals surface area contributed by atoms with Gasteiger partial charge in [-0.25, -0.2) is 4.68 Å². The molecule has 1 fully saturated rings. The predicted octanol–water partition coefficient (Wildman–Crippen LogP) is 1.38. The number of hydrogen-bond acceptors (Lipinski definition) is 5. The van der Waals surface area contributed by atoms with Crippen molar-refractivity contribution in [3.05, 3.63) is 10.6 Å². The average molecular weight is 300 g/mol. The summed E-state index contributed by atoms with van der Waals surface area (Å²) in [5, 5.41) is 13.9. The fourth-order valence-electron chi connectivity index (χ4n) is 2.57. The van der Waals surface area contributed by atoms with Gasteiger partial charge in [0.1, 0.15) is 6.61 Å². The highest BCUT2D eigenvalue weighted by molar-refractivity contribution is 7.71. The maximum absolute atomic E-state index is 9.41. The maximum Gasteiger partial charge on any atom is 0.199 e. The summed E-state index contributed by atoms with van der Waals surface area (Å²) in [6, 6.07) is 0.416. The zero-order valence-corrected chi connectivity index (χ0v) is 13.1. The lowest BCUT2D eigenvalue weighted by molar-refractivity contribution is -0.0258. The van der Waals surface area contributed by atoms with Crippen LogP contribution in [0.25, 0.3) is 0 Å². The Labute approximate surface area is 125 Å². The lowest BCUT2D eigenvalue weighted by Gasteiger charge is -2.34. The van der Waals surface area contributed by atoms with Crippen LogP contribution in [0.2, 0.25) is 0 Å². The van der Waals surface area contributed by atoms with E-state index < -0.39 is 0 Å². The molecule has 7 heteroatoms. The molecule has 1 saturated heterocycles. The summed E-state index contributed by atoms with van der Waals surface area (Å²) in [6.07, 6.45) is 2.03. The molecule has 20 heavy (non-hydrogen) atoms. The summed E-state index contributed by atoms with van der Waals surface area (Å²) in [5.74, 6) is 0.651. The Morgan fingerprint density at radius 3 is 2.90 bits per heavy atom. The third-order valence-corrected chi connectivity index (χ3v) is 4.16. The van der Waals surface area contributed by atoms with Gasteiger partial charge in [-0.3, -0.25) is 4.90 Å². The van der Waals surface area contributed by atoms with Crippen LogP contribution >= 0.6 is 12.2 Å². The van der Waals surface area contributed by atoms with Crippen LogP contribution in [0.15, 0.2) is 0 Å². The average Bonchev–Trinajstić information content (AvgIpc) is 2.77. The Morgan fingerprint density at radius 2 is 2.25 bits per heavy atom. The minimum atomic E-state index is -0.0725. The quantitative estimate of drug-likeness (QED) is 0.805. The molecule has 114 valence electrons. The number of aliphatic hydroxyl groups is 1. The van der Waals surface area contributed by atoms with Crippen molar-refractivity contribution in [3.63, 3.8) is 0 Å². The molecule has 1 atom stereocenters. The highest BCUT2D eigenvalue weighted by Crippen LogP contribution is 2.12. The molecule has 0 bridgehead atoms. The van der Waals surface area contributed by atoms with E-state index in [9.17, 15) is 5.11 Å². The highest BCUT2D eigenvalue weighted by atomic mass is 32.1. The monoisotopic (exact) mass is 300 g/mol. The predicted molar refractivity (Wildman–Crippen MR) is 78.9 cm³/mol. The Hall–Kier alpha value is -0.760. The molecule has 1 N–H and O–H groups in total. The Balaban J connectivity index is 2.18. The minimum absolute atomic E-state index is 0.0725. The van der Waals surface area contributed by atoms with E-state index in [0.717, 1.165) is 39.1 Å². The van der Waals surface area contributed by atoms with Crippen molar-refractivity contribution in [2.75, 3.05) is 19.8 Å². The van der Waals surface area contributed by atoms with Crippen LogP contribution < -0.4 is 0 Å². The van der Waals surface area contributed by atoms with Crippen molar-refractivity contribution in [2.24, 2.45) is 0 Å². The van der Waals surface area contributed by atoms with Crippen molar-refractivity contribution >= 4 is 12.2 Å². The summed E-state index contributed by atoms with van der Waals surface area (Å²) in [6.45, 7) is 8.08. The molecule has 0 aromatic carbocycles. The lowest BCUT2D eigenvalue weighted by atomic mass is 10.2. The third-order valence-electron chi connectivity index (χ3n) is 3.72. The second-order valence-electron chi connectivity index (χ2n) is 5.10. The Morgan fingerprint density at radius 1 is 1.45 bits per heavy atom. The first-order chi connectivity index (χ1) is 9.71. The van der Waals surface area contributed by atoms with Crippen molar-refractivity contribution in [3.8, 4) is 0 Å². The number of ether oxygens (including phenoxy) is 1. The van der Waals surface area contributed by atoms with Gasteiger partial charge in [0, 0.05) is 19.1 Å². The van der Waals surface area contributed by atoms with Gasteiger partial charge in [0.2, 0.25) is 0 Å². The van der Waals surface area contributed by atoms with Gasteiger partial charge in [0.15, 0.2) is 10.6 Å². The van der Waals surface area contributed by atoms with E-state index in [1.165, 1.54) is 0 Å².